The van der Waals surface area contributed by atoms with Crippen LogP contribution in [0.15, 0.2) is 0 Å². The molecule has 3 heteroatoms. The first-order valence-electron chi connectivity index (χ1n) is 2.43. The highest BCUT2D eigenvalue weighted by molar-refractivity contribution is 5.73. The summed E-state index contributed by atoms with van der Waals surface area (Å²) in [5.74, 6) is -0.225. The Hall–Kier alpha value is -0.570. The highest BCUT2D eigenvalue weighted by Crippen LogP contribution is 1.91. The zero-order valence-electron chi connectivity index (χ0n) is 5.36. The van der Waals surface area contributed by atoms with Crippen molar-refractivity contribution in [2.45, 2.75) is 26.5 Å². The Labute approximate surface area is 48.7 Å². The fourth-order valence-electron chi connectivity index (χ4n) is 0.431. The number of hydrogen-bond acceptors (Lipinski definition) is 2. The molecule has 0 bridgehead atoms. The van der Waals surface area contributed by atoms with Crippen LogP contribution in [0.5, 0.6) is 0 Å². The quantitative estimate of drug-likeness (QED) is 0.469. The van der Waals surface area contributed by atoms with Gasteiger partial charge < -0.3 is 10.4 Å². The zero-order chi connectivity index (χ0) is 6.78. The molecular weight excluding hydrogens is 106 g/mol. The zero-order valence-corrected chi connectivity index (χ0v) is 5.36. The number of nitrogens with one attached hydrogen (secondary N) is 1. The molecule has 0 fully saturated rings. The summed E-state index contributed by atoms with van der Waals surface area (Å²) >= 11 is 0. The predicted octanol–water partition coefficient (Wildman–Crippen LogP) is -0.149. The maximum absolute atomic E-state index is 10.2. The average Bonchev–Trinajstić information content (AvgIpc) is 1.21. The minimum atomic E-state index is -1.08. The molecule has 0 saturated heterocycles. The first kappa shape index (κ1) is 7.43. The number of hydrogen-bond donors (Lipinski definition) is 2. The minimum Gasteiger partial charge on any atom is -0.372 e. The van der Waals surface area contributed by atoms with Gasteiger partial charge in [0, 0.05) is 6.92 Å². The third-order valence-electron chi connectivity index (χ3n) is 0.482. The van der Waals surface area contributed by atoms with E-state index in [2.05, 4.69) is 5.32 Å². The highest BCUT2D eigenvalue weighted by atomic mass is 16.3. The molecule has 0 radical (unpaired) electrons. The SMILES string of the molecule is CC(=O)NC(C)(C)O. The summed E-state index contributed by atoms with van der Waals surface area (Å²) in [6, 6.07) is 0. The van der Waals surface area contributed by atoms with E-state index >= 15 is 0 Å². The van der Waals surface area contributed by atoms with Crippen LogP contribution in [0.1, 0.15) is 20.8 Å². The molecule has 0 aliphatic carbocycles. The summed E-state index contributed by atoms with van der Waals surface area (Å²) in [7, 11) is 0. The van der Waals surface area contributed by atoms with Crippen molar-refractivity contribution in [3.8, 4) is 0 Å². The summed E-state index contributed by atoms with van der Waals surface area (Å²) < 4.78 is 0. The Morgan fingerprint density at radius 1 is 1.62 bits per heavy atom. The predicted molar refractivity (Wildman–Crippen MR) is 30.1 cm³/mol. The van der Waals surface area contributed by atoms with Crippen molar-refractivity contribution in [3.63, 3.8) is 0 Å². The van der Waals surface area contributed by atoms with E-state index in [1.54, 1.807) is 0 Å². The summed E-state index contributed by atoms with van der Waals surface area (Å²) in [5, 5.41) is 11.2. The number of carbonyl (C=O) groups excluding carboxylic acids is 1. The van der Waals surface area contributed by atoms with Crippen LogP contribution in [-0.2, 0) is 4.79 Å². The van der Waals surface area contributed by atoms with Crippen molar-refractivity contribution in [3.05, 3.63) is 0 Å². The lowest BCUT2D eigenvalue weighted by Crippen LogP contribution is -2.41. The van der Waals surface area contributed by atoms with E-state index in [1.165, 1.54) is 20.8 Å². The highest BCUT2D eigenvalue weighted by Gasteiger charge is 2.11. The average molecular weight is 117 g/mol. The first-order valence-corrected chi connectivity index (χ1v) is 2.43. The molecule has 0 aliphatic rings. The summed E-state index contributed by atoms with van der Waals surface area (Å²) in [4.78, 5) is 10.2. The van der Waals surface area contributed by atoms with Crippen molar-refractivity contribution in [1.82, 2.24) is 5.32 Å². The van der Waals surface area contributed by atoms with Crippen LogP contribution in [0.3, 0.4) is 0 Å². The van der Waals surface area contributed by atoms with Crippen LogP contribution in [0.25, 0.3) is 0 Å². The third kappa shape index (κ3) is 5.43. The van der Waals surface area contributed by atoms with Crippen LogP contribution in [0.4, 0.5) is 0 Å². The maximum atomic E-state index is 10.2. The molecule has 0 aromatic rings. The van der Waals surface area contributed by atoms with Gasteiger partial charge >= 0.3 is 0 Å². The van der Waals surface area contributed by atoms with Gasteiger partial charge in [0.25, 0.3) is 0 Å². The Bertz CT molecular complexity index is 93.1. The lowest BCUT2D eigenvalue weighted by molar-refractivity contribution is -0.124. The van der Waals surface area contributed by atoms with Crippen molar-refractivity contribution in [2.24, 2.45) is 0 Å². The second-order valence-electron chi connectivity index (χ2n) is 2.24. The van der Waals surface area contributed by atoms with Gasteiger partial charge in [-0.05, 0) is 13.8 Å². The Morgan fingerprint density at radius 2 is 2.00 bits per heavy atom. The number of carbonyl (C=O) groups is 1. The van der Waals surface area contributed by atoms with E-state index in [0.717, 1.165) is 0 Å². The van der Waals surface area contributed by atoms with E-state index in [9.17, 15) is 4.79 Å². The molecule has 0 unspecified atom stereocenters. The summed E-state index contributed by atoms with van der Waals surface area (Å²) in [6.45, 7) is 4.38. The molecule has 0 heterocycles. The second kappa shape index (κ2) is 2.13. The van der Waals surface area contributed by atoms with E-state index < -0.39 is 5.72 Å². The molecule has 0 aromatic heterocycles. The van der Waals surface area contributed by atoms with Gasteiger partial charge in [0.1, 0.15) is 5.72 Å². The normalized spacial score (nSPS) is 11.0. The molecule has 0 aromatic carbocycles. The standard InChI is InChI=1S/C5H11NO2/c1-4(7)6-5(2,3)8/h8H,1-3H3,(H,6,7). The van der Waals surface area contributed by atoms with Crippen molar-refractivity contribution in [2.75, 3.05) is 0 Å². The van der Waals surface area contributed by atoms with Gasteiger partial charge in [0.15, 0.2) is 0 Å². The van der Waals surface area contributed by atoms with Crippen LogP contribution < -0.4 is 5.32 Å². The fourth-order valence-corrected chi connectivity index (χ4v) is 0.431. The lowest BCUT2D eigenvalue weighted by Gasteiger charge is -2.16. The lowest BCUT2D eigenvalue weighted by atomic mass is 10.3. The Kier molecular flexibility index (Phi) is 1.98. The van der Waals surface area contributed by atoms with Crippen LogP contribution in [0.2, 0.25) is 0 Å². The molecule has 3 nitrogen and oxygen atoms in total. The van der Waals surface area contributed by atoms with Gasteiger partial charge in [-0.2, -0.15) is 0 Å². The first-order chi connectivity index (χ1) is 3.42. The smallest absolute Gasteiger partial charge is 0.219 e. The molecule has 0 atom stereocenters. The van der Waals surface area contributed by atoms with E-state index in [4.69, 9.17) is 5.11 Å². The van der Waals surface area contributed by atoms with Gasteiger partial charge in [-0.15, -0.1) is 0 Å². The fraction of sp³-hybridized carbons (Fsp3) is 0.800. The van der Waals surface area contributed by atoms with Crippen LogP contribution in [0, 0.1) is 0 Å². The van der Waals surface area contributed by atoms with E-state index in [-0.39, 0.29) is 5.91 Å². The summed E-state index contributed by atoms with van der Waals surface area (Å²) in [5.41, 5.74) is -1.08. The van der Waals surface area contributed by atoms with Crippen LogP contribution in [-0.4, -0.2) is 16.7 Å². The van der Waals surface area contributed by atoms with E-state index in [1.807, 2.05) is 0 Å². The molecular formula is C5H11NO2. The molecule has 0 saturated carbocycles. The topological polar surface area (TPSA) is 49.3 Å². The van der Waals surface area contributed by atoms with Gasteiger partial charge in [0.05, 0.1) is 0 Å². The largest absolute Gasteiger partial charge is 0.372 e. The monoisotopic (exact) mass is 117 g/mol. The Morgan fingerprint density at radius 3 is 2.00 bits per heavy atom. The van der Waals surface area contributed by atoms with E-state index in [0.29, 0.717) is 0 Å². The van der Waals surface area contributed by atoms with Crippen LogP contribution >= 0.6 is 0 Å². The van der Waals surface area contributed by atoms with Gasteiger partial charge in [-0.25, -0.2) is 0 Å². The van der Waals surface area contributed by atoms with Crippen molar-refractivity contribution in [1.29, 1.82) is 0 Å². The maximum Gasteiger partial charge on any atom is 0.219 e. The molecule has 1 amide bonds. The molecule has 0 aliphatic heterocycles. The Balaban J connectivity index is 3.55. The molecule has 0 rings (SSSR count). The molecule has 2 N–H and O–H groups in total. The second-order valence-corrected chi connectivity index (χ2v) is 2.24. The van der Waals surface area contributed by atoms with Gasteiger partial charge in [-0.1, -0.05) is 0 Å². The minimum absolute atomic E-state index is 0.225. The van der Waals surface area contributed by atoms with Crippen molar-refractivity contribution < 1.29 is 9.90 Å². The third-order valence-corrected chi connectivity index (χ3v) is 0.482. The molecule has 8 heavy (non-hydrogen) atoms. The van der Waals surface area contributed by atoms with Crippen molar-refractivity contribution >= 4 is 5.91 Å². The molecule has 48 valence electrons. The summed E-state index contributed by atoms with van der Waals surface area (Å²) in [6.07, 6.45) is 0. The number of aliphatic hydroxyl groups is 1. The van der Waals surface area contributed by atoms with Gasteiger partial charge in [0.2, 0.25) is 5.91 Å². The van der Waals surface area contributed by atoms with Gasteiger partial charge in [-0.3, -0.25) is 4.79 Å². The molecule has 0 spiro atoms. The number of amides is 1. The number of rotatable bonds is 1.